The fourth-order valence-electron chi connectivity index (χ4n) is 3.38. The van der Waals surface area contributed by atoms with E-state index in [9.17, 15) is 0 Å². The summed E-state index contributed by atoms with van der Waals surface area (Å²) >= 11 is 0. The van der Waals surface area contributed by atoms with Crippen molar-refractivity contribution in [3.05, 3.63) is 77.4 Å². The van der Waals surface area contributed by atoms with Crippen LogP contribution in [0.25, 0.3) is 33.7 Å². The maximum atomic E-state index is 6.07. The molecule has 0 radical (unpaired) electrons. The van der Waals surface area contributed by atoms with Crippen LogP contribution in [-0.4, -0.2) is 4.98 Å². The van der Waals surface area contributed by atoms with E-state index in [0.717, 1.165) is 28.0 Å². The highest BCUT2D eigenvalue weighted by molar-refractivity contribution is 5.82. The lowest BCUT2D eigenvalue weighted by molar-refractivity contribution is 0.619. The maximum absolute atomic E-state index is 6.07. The SMILES string of the molecule is Cc1cc(C)cc(-c2ccc3cc(-c4ccc(C(C)C)cc4)oc3n2)c1. The molecular weight excluding hydrogens is 318 g/mol. The molecule has 2 aromatic heterocycles. The Balaban J connectivity index is 1.73. The molecule has 2 heteroatoms. The molecule has 4 aromatic rings. The molecule has 2 heterocycles. The Hall–Kier alpha value is -2.87. The van der Waals surface area contributed by atoms with Crippen molar-refractivity contribution >= 4 is 11.1 Å². The molecule has 0 atom stereocenters. The zero-order valence-corrected chi connectivity index (χ0v) is 15.7. The van der Waals surface area contributed by atoms with Crippen molar-refractivity contribution in [1.29, 1.82) is 0 Å². The van der Waals surface area contributed by atoms with Gasteiger partial charge in [0.15, 0.2) is 0 Å². The molecule has 130 valence electrons. The van der Waals surface area contributed by atoms with Crippen molar-refractivity contribution in [2.45, 2.75) is 33.6 Å². The van der Waals surface area contributed by atoms with E-state index in [4.69, 9.17) is 9.40 Å². The quantitative estimate of drug-likeness (QED) is 0.405. The first kappa shape index (κ1) is 16.6. The normalized spacial score (nSPS) is 11.4. The summed E-state index contributed by atoms with van der Waals surface area (Å²) in [6.45, 7) is 8.63. The third-order valence-electron chi connectivity index (χ3n) is 4.76. The standard InChI is InChI=1S/C24H23NO/c1-15(2)18-5-7-19(8-6-18)23-14-20-9-10-22(25-24(20)26-23)21-12-16(3)11-17(4)13-21/h5-15H,1-4H3. The van der Waals surface area contributed by atoms with Gasteiger partial charge in [0.1, 0.15) is 5.76 Å². The number of aryl methyl sites for hydroxylation is 2. The lowest BCUT2D eigenvalue weighted by Gasteiger charge is -2.05. The molecule has 0 saturated heterocycles. The van der Waals surface area contributed by atoms with Gasteiger partial charge in [-0.05, 0) is 55.7 Å². The van der Waals surface area contributed by atoms with Crippen LogP contribution < -0.4 is 0 Å². The van der Waals surface area contributed by atoms with E-state index < -0.39 is 0 Å². The Morgan fingerprint density at radius 3 is 2.12 bits per heavy atom. The summed E-state index contributed by atoms with van der Waals surface area (Å²) in [6.07, 6.45) is 0. The predicted octanol–water partition coefficient (Wildman–Crippen LogP) is 6.90. The molecule has 26 heavy (non-hydrogen) atoms. The molecule has 4 rings (SSSR count). The van der Waals surface area contributed by atoms with Gasteiger partial charge >= 0.3 is 0 Å². The molecule has 0 bridgehead atoms. The van der Waals surface area contributed by atoms with E-state index in [1.54, 1.807) is 0 Å². The van der Waals surface area contributed by atoms with Crippen molar-refractivity contribution in [3.8, 4) is 22.6 Å². The molecule has 0 aliphatic heterocycles. The van der Waals surface area contributed by atoms with Crippen LogP contribution in [0.2, 0.25) is 0 Å². The van der Waals surface area contributed by atoms with Crippen LogP contribution in [0.15, 0.2) is 65.1 Å². The van der Waals surface area contributed by atoms with Gasteiger partial charge < -0.3 is 4.42 Å². The Morgan fingerprint density at radius 2 is 1.46 bits per heavy atom. The number of benzene rings is 2. The monoisotopic (exact) mass is 341 g/mol. The minimum Gasteiger partial charge on any atom is -0.438 e. The summed E-state index contributed by atoms with van der Waals surface area (Å²) in [5.41, 5.74) is 7.66. The Labute approximate surface area is 154 Å². The molecule has 2 nitrogen and oxygen atoms in total. The highest BCUT2D eigenvalue weighted by Gasteiger charge is 2.10. The van der Waals surface area contributed by atoms with E-state index in [1.165, 1.54) is 16.7 Å². The number of furan rings is 1. The number of pyridine rings is 1. The maximum Gasteiger partial charge on any atom is 0.227 e. The van der Waals surface area contributed by atoms with Crippen molar-refractivity contribution in [2.75, 3.05) is 0 Å². The average molecular weight is 341 g/mol. The number of hydrogen-bond donors (Lipinski definition) is 0. The minimum atomic E-state index is 0.529. The van der Waals surface area contributed by atoms with Crippen LogP contribution in [0.4, 0.5) is 0 Å². The van der Waals surface area contributed by atoms with Crippen molar-refractivity contribution < 1.29 is 4.42 Å². The largest absolute Gasteiger partial charge is 0.438 e. The minimum absolute atomic E-state index is 0.529. The van der Waals surface area contributed by atoms with Gasteiger partial charge in [-0.15, -0.1) is 0 Å². The third-order valence-corrected chi connectivity index (χ3v) is 4.76. The van der Waals surface area contributed by atoms with E-state index >= 15 is 0 Å². The van der Waals surface area contributed by atoms with E-state index in [0.29, 0.717) is 11.6 Å². The highest BCUT2D eigenvalue weighted by Crippen LogP contribution is 2.30. The summed E-state index contributed by atoms with van der Waals surface area (Å²) < 4.78 is 6.07. The fraction of sp³-hybridized carbons (Fsp3) is 0.208. The lowest BCUT2D eigenvalue weighted by atomic mass is 10.0. The van der Waals surface area contributed by atoms with Gasteiger partial charge in [0.2, 0.25) is 5.71 Å². The molecule has 0 aliphatic carbocycles. The first-order chi connectivity index (χ1) is 12.5. The summed E-state index contributed by atoms with van der Waals surface area (Å²) in [4.78, 5) is 4.75. The molecule has 0 N–H and O–H groups in total. The number of aromatic nitrogens is 1. The van der Waals surface area contributed by atoms with Gasteiger partial charge in [0.25, 0.3) is 0 Å². The van der Waals surface area contributed by atoms with Gasteiger partial charge in [0, 0.05) is 16.5 Å². The Morgan fingerprint density at radius 1 is 0.769 bits per heavy atom. The second-order valence-corrected chi connectivity index (χ2v) is 7.35. The second-order valence-electron chi connectivity index (χ2n) is 7.35. The Kier molecular flexibility index (Phi) is 4.12. The summed E-state index contributed by atoms with van der Waals surface area (Å²) in [7, 11) is 0. The van der Waals surface area contributed by atoms with E-state index in [2.05, 4.69) is 88.4 Å². The van der Waals surface area contributed by atoms with Crippen LogP contribution in [0.3, 0.4) is 0 Å². The Bertz CT molecular complexity index is 1050. The van der Waals surface area contributed by atoms with Crippen LogP contribution >= 0.6 is 0 Å². The van der Waals surface area contributed by atoms with Crippen LogP contribution in [0, 0.1) is 13.8 Å². The molecule has 0 spiro atoms. The first-order valence-electron chi connectivity index (χ1n) is 9.09. The smallest absolute Gasteiger partial charge is 0.227 e. The lowest BCUT2D eigenvalue weighted by Crippen LogP contribution is -1.86. The average Bonchev–Trinajstić information content (AvgIpc) is 3.04. The summed E-state index contributed by atoms with van der Waals surface area (Å²) in [5, 5.41) is 1.03. The highest BCUT2D eigenvalue weighted by atomic mass is 16.3. The van der Waals surface area contributed by atoms with Crippen LogP contribution in [0.1, 0.15) is 36.5 Å². The number of rotatable bonds is 3. The van der Waals surface area contributed by atoms with E-state index in [1.807, 2.05) is 0 Å². The van der Waals surface area contributed by atoms with Gasteiger partial charge in [-0.25, -0.2) is 4.98 Å². The number of fused-ring (bicyclic) bond motifs is 1. The fourth-order valence-corrected chi connectivity index (χ4v) is 3.38. The van der Waals surface area contributed by atoms with Gasteiger partial charge in [-0.1, -0.05) is 55.3 Å². The summed E-state index contributed by atoms with van der Waals surface area (Å²) in [6, 6.07) is 21.3. The predicted molar refractivity (Wildman–Crippen MR) is 108 cm³/mol. The summed E-state index contributed by atoms with van der Waals surface area (Å²) in [5.74, 6) is 1.39. The van der Waals surface area contributed by atoms with E-state index in [-0.39, 0.29) is 0 Å². The van der Waals surface area contributed by atoms with Crippen molar-refractivity contribution in [1.82, 2.24) is 4.98 Å². The number of hydrogen-bond acceptors (Lipinski definition) is 2. The molecule has 0 unspecified atom stereocenters. The van der Waals surface area contributed by atoms with Crippen molar-refractivity contribution in [2.24, 2.45) is 0 Å². The molecule has 0 fully saturated rings. The topological polar surface area (TPSA) is 26.0 Å². The third kappa shape index (κ3) is 3.15. The van der Waals surface area contributed by atoms with Crippen molar-refractivity contribution in [3.63, 3.8) is 0 Å². The number of nitrogens with zero attached hydrogens (tertiary/aromatic N) is 1. The van der Waals surface area contributed by atoms with Crippen LogP contribution in [0.5, 0.6) is 0 Å². The van der Waals surface area contributed by atoms with Gasteiger partial charge in [-0.2, -0.15) is 0 Å². The second kappa shape index (κ2) is 6.45. The van der Waals surface area contributed by atoms with Gasteiger partial charge in [-0.3, -0.25) is 0 Å². The molecule has 2 aromatic carbocycles. The first-order valence-corrected chi connectivity index (χ1v) is 9.09. The van der Waals surface area contributed by atoms with Gasteiger partial charge in [0.05, 0.1) is 5.69 Å². The zero-order chi connectivity index (χ0) is 18.3. The molecule has 0 aliphatic rings. The zero-order valence-electron chi connectivity index (χ0n) is 15.7. The molecular formula is C24H23NO. The molecule has 0 saturated carbocycles. The molecule has 0 amide bonds. The van der Waals surface area contributed by atoms with Crippen LogP contribution in [-0.2, 0) is 0 Å².